The zero-order valence-electron chi connectivity index (χ0n) is 9.20. The number of ether oxygens (including phenoxy) is 1. The SMILES string of the molecule is CC(=O)C1=Cc2ccccc2OC1(C)C. The van der Waals surface area contributed by atoms with Crippen molar-refractivity contribution in [2.75, 3.05) is 0 Å². The van der Waals surface area contributed by atoms with Crippen LogP contribution in [-0.2, 0) is 4.79 Å². The first-order chi connectivity index (χ1) is 7.00. The summed E-state index contributed by atoms with van der Waals surface area (Å²) in [4.78, 5) is 11.5. The number of carbonyl (C=O) groups excluding carboxylic acids is 1. The highest BCUT2D eigenvalue weighted by atomic mass is 16.5. The van der Waals surface area contributed by atoms with E-state index >= 15 is 0 Å². The van der Waals surface area contributed by atoms with Crippen molar-refractivity contribution in [3.05, 3.63) is 35.4 Å². The summed E-state index contributed by atoms with van der Waals surface area (Å²) in [7, 11) is 0. The zero-order chi connectivity index (χ0) is 11.1. The predicted octanol–water partition coefficient (Wildman–Crippen LogP) is 2.83. The molecule has 0 aliphatic carbocycles. The number of carbonyl (C=O) groups is 1. The van der Waals surface area contributed by atoms with Gasteiger partial charge in [0.2, 0.25) is 0 Å². The van der Waals surface area contributed by atoms with E-state index in [1.54, 1.807) is 6.92 Å². The summed E-state index contributed by atoms with van der Waals surface area (Å²) in [6.07, 6.45) is 1.92. The molecule has 0 N–H and O–H groups in total. The summed E-state index contributed by atoms with van der Waals surface area (Å²) >= 11 is 0. The fourth-order valence-corrected chi connectivity index (χ4v) is 1.88. The molecule has 2 nitrogen and oxygen atoms in total. The first-order valence-electron chi connectivity index (χ1n) is 5.02. The Labute approximate surface area is 89.6 Å². The van der Waals surface area contributed by atoms with Gasteiger partial charge in [0.25, 0.3) is 0 Å². The second kappa shape index (κ2) is 3.23. The van der Waals surface area contributed by atoms with Gasteiger partial charge in [-0.05, 0) is 32.9 Å². The van der Waals surface area contributed by atoms with E-state index in [1.165, 1.54) is 0 Å². The number of Topliss-reactive ketones (excluding diaryl/α,β-unsaturated/α-hetero) is 1. The lowest BCUT2D eigenvalue weighted by Gasteiger charge is -2.32. The molecule has 0 atom stereocenters. The molecule has 0 saturated heterocycles. The average molecular weight is 202 g/mol. The first kappa shape index (κ1) is 9.97. The summed E-state index contributed by atoms with van der Waals surface area (Å²) < 4.78 is 5.80. The van der Waals surface area contributed by atoms with Crippen molar-refractivity contribution in [1.29, 1.82) is 0 Å². The van der Waals surface area contributed by atoms with Crippen LogP contribution < -0.4 is 4.74 Å². The van der Waals surface area contributed by atoms with Crippen LogP contribution in [0, 0.1) is 0 Å². The van der Waals surface area contributed by atoms with E-state index in [2.05, 4.69) is 0 Å². The van der Waals surface area contributed by atoms with Gasteiger partial charge in [-0.1, -0.05) is 18.2 Å². The van der Waals surface area contributed by atoms with Gasteiger partial charge in [0, 0.05) is 11.1 Å². The minimum atomic E-state index is -0.528. The Kier molecular flexibility index (Phi) is 2.14. The van der Waals surface area contributed by atoms with Gasteiger partial charge < -0.3 is 4.74 Å². The molecule has 1 heterocycles. The summed E-state index contributed by atoms with van der Waals surface area (Å²) in [6, 6.07) is 7.74. The predicted molar refractivity (Wildman–Crippen MR) is 59.8 cm³/mol. The van der Waals surface area contributed by atoms with Gasteiger partial charge in [-0.3, -0.25) is 4.79 Å². The van der Waals surface area contributed by atoms with Gasteiger partial charge in [0.15, 0.2) is 5.78 Å². The maximum Gasteiger partial charge on any atom is 0.159 e. The van der Waals surface area contributed by atoms with E-state index in [0.717, 1.165) is 16.9 Å². The molecule has 0 bridgehead atoms. The van der Waals surface area contributed by atoms with E-state index in [-0.39, 0.29) is 5.78 Å². The monoisotopic (exact) mass is 202 g/mol. The van der Waals surface area contributed by atoms with Crippen LogP contribution in [0.15, 0.2) is 29.8 Å². The Balaban J connectivity index is 2.57. The number of ketones is 1. The number of para-hydroxylation sites is 1. The molecule has 1 aromatic rings. The van der Waals surface area contributed by atoms with Gasteiger partial charge in [0.05, 0.1) is 0 Å². The Morgan fingerprint density at radius 2 is 1.93 bits per heavy atom. The van der Waals surface area contributed by atoms with Crippen LogP contribution >= 0.6 is 0 Å². The summed E-state index contributed by atoms with van der Waals surface area (Å²) in [5.74, 6) is 0.905. The quantitative estimate of drug-likeness (QED) is 0.700. The van der Waals surface area contributed by atoms with Crippen LogP contribution in [0.5, 0.6) is 5.75 Å². The van der Waals surface area contributed by atoms with E-state index in [0.29, 0.717) is 0 Å². The van der Waals surface area contributed by atoms with Crippen LogP contribution in [-0.4, -0.2) is 11.4 Å². The molecule has 0 amide bonds. The van der Waals surface area contributed by atoms with Crippen molar-refractivity contribution in [2.24, 2.45) is 0 Å². The minimum Gasteiger partial charge on any atom is -0.482 e. The summed E-state index contributed by atoms with van der Waals surface area (Å²) in [6.45, 7) is 5.40. The molecule has 2 rings (SSSR count). The van der Waals surface area contributed by atoms with Crippen LogP contribution in [0.1, 0.15) is 26.3 Å². The topological polar surface area (TPSA) is 26.3 Å². The molecule has 1 aliphatic rings. The largest absolute Gasteiger partial charge is 0.482 e. The molecule has 1 aromatic carbocycles. The van der Waals surface area contributed by atoms with E-state index in [4.69, 9.17) is 4.74 Å². The third-order valence-corrected chi connectivity index (χ3v) is 2.61. The van der Waals surface area contributed by atoms with Gasteiger partial charge in [-0.15, -0.1) is 0 Å². The molecule has 1 aliphatic heterocycles. The van der Waals surface area contributed by atoms with Crippen molar-refractivity contribution < 1.29 is 9.53 Å². The molecule has 0 radical (unpaired) electrons. The number of benzene rings is 1. The van der Waals surface area contributed by atoms with Gasteiger partial charge in [-0.2, -0.15) is 0 Å². The number of hydrogen-bond donors (Lipinski definition) is 0. The highest BCUT2D eigenvalue weighted by Crippen LogP contribution is 2.35. The molecule has 15 heavy (non-hydrogen) atoms. The molecular formula is C13H14O2. The summed E-state index contributed by atoms with van der Waals surface area (Å²) in [5.41, 5.74) is 1.17. The average Bonchev–Trinajstić information content (AvgIpc) is 2.14. The third-order valence-electron chi connectivity index (χ3n) is 2.61. The molecule has 0 fully saturated rings. The first-order valence-corrected chi connectivity index (χ1v) is 5.02. The van der Waals surface area contributed by atoms with Crippen molar-refractivity contribution >= 4 is 11.9 Å². The lowest BCUT2D eigenvalue weighted by molar-refractivity contribution is -0.115. The maximum atomic E-state index is 11.5. The van der Waals surface area contributed by atoms with Crippen LogP contribution in [0.4, 0.5) is 0 Å². The Morgan fingerprint density at radius 1 is 1.27 bits per heavy atom. The van der Waals surface area contributed by atoms with Crippen LogP contribution in [0.3, 0.4) is 0 Å². The van der Waals surface area contributed by atoms with Crippen molar-refractivity contribution in [1.82, 2.24) is 0 Å². The van der Waals surface area contributed by atoms with Gasteiger partial charge in [-0.25, -0.2) is 0 Å². The normalized spacial score (nSPS) is 17.4. The van der Waals surface area contributed by atoms with Crippen molar-refractivity contribution in [3.63, 3.8) is 0 Å². The van der Waals surface area contributed by atoms with Crippen molar-refractivity contribution in [2.45, 2.75) is 26.4 Å². The van der Waals surface area contributed by atoms with Gasteiger partial charge in [0.1, 0.15) is 11.4 Å². The van der Waals surface area contributed by atoms with Crippen LogP contribution in [0.2, 0.25) is 0 Å². The number of fused-ring (bicyclic) bond motifs is 1. The third kappa shape index (κ3) is 1.67. The molecule has 0 spiro atoms. The molecule has 0 unspecified atom stereocenters. The molecule has 0 saturated carbocycles. The molecule has 78 valence electrons. The second-order valence-electron chi connectivity index (χ2n) is 4.26. The van der Waals surface area contributed by atoms with E-state index < -0.39 is 5.60 Å². The number of rotatable bonds is 1. The molecule has 2 heteroatoms. The molecular weight excluding hydrogens is 188 g/mol. The van der Waals surface area contributed by atoms with Crippen LogP contribution in [0.25, 0.3) is 6.08 Å². The van der Waals surface area contributed by atoms with Crippen molar-refractivity contribution in [3.8, 4) is 5.75 Å². The smallest absolute Gasteiger partial charge is 0.159 e. The Morgan fingerprint density at radius 3 is 2.60 bits per heavy atom. The van der Waals surface area contributed by atoms with Gasteiger partial charge >= 0.3 is 0 Å². The second-order valence-corrected chi connectivity index (χ2v) is 4.26. The van der Waals surface area contributed by atoms with E-state index in [9.17, 15) is 4.79 Å². The highest BCUT2D eigenvalue weighted by Gasteiger charge is 2.32. The lowest BCUT2D eigenvalue weighted by Crippen LogP contribution is -2.36. The Bertz CT molecular complexity index is 442. The highest BCUT2D eigenvalue weighted by molar-refractivity contribution is 6.00. The standard InChI is InChI=1S/C13H14O2/c1-9(14)11-8-10-6-4-5-7-12(10)15-13(11,2)3/h4-8H,1-3H3. The maximum absolute atomic E-state index is 11.5. The minimum absolute atomic E-state index is 0.0644. The number of hydrogen-bond acceptors (Lipinski definition) is 2. The Hall–Kier alpha value is -1.57. The fourth-order valence-electron chi connectivity index (χ4n) is 1.88. The zero-order valence-corrected chi connectivity index (χ0v) is 9.20. The fraction of sp³-hybridized carbons (Fsp3) is 0.308. The summed E-state index contributed by atoms with van der Waals surface area (Å²) in [5, 5.41) is 0. The lowest BCUT2D eigenvalue weighted by atomic mass is 9.90. The molecule has 0 aromatic heterocycles. The van der Waals surface area contributed by atoms with E-state index in [1.807, 2.05) is 44.2 Å².